The molecule has 0 bridgehead atoms. The predicted molar refractivity (Wildman–Crippen MR) is 395 cm³/mol. The zero-order valence-electron chi connectivity index (χ0n) is 63.2. The van der Waals surface area contributed by atoms with Gasteiger partial charge in [-0.3, -0.25) is 37.3 Å². The van der Waals surface area contributed by atoms with Gasteiger partial charge in [0.25, 0.3) is 0 Å². The van der Waals surface area contributed by atoms with Crippen molar-refractivity contribution in [1.82, 2.24) is 0 Å². The highest BCUT2D eigenvalue weighted by atomic mass is 31.2. The lowest BCUT2D eigenvalue weighted by molar-refractivity contribution is -0.161. The second kappa shape index (κ2) is 71.1. The molecule has 0 aliphatic rings. The van der Waals surface area contributed by atoms with E-state index in [0.29, 0.717) is 25.7 Å². The van der Waals surface area contributed by atoms with Gasteiger partial charge in [-0.15, -0.1) is 0 Å². The van der Waals surface area contributed by atoms with Crippen LogP contribution in [-0.4, -0.2) is 96.7 Å². The molecular weight excluding hydrogens is 1270 g/mol. The Bertz CT molecular complexity index is 1860. The largest absolute Gasteiger partial charge is 0.472 e. The van der Waals surface area contributed by atoms with Crippen LogP contribution in [0.5, 0.6) is 0 Å². The predicted octanol–water partition coefficient (Wildman–Crippen LogP) is 23.3. The van der Waals surface area contributed by atoms with Crippen molar-refractivity contribution in [2.45, 2.75) is 432 Å². The third kappa shape index (κ3) is 72.2. The molecule has 0 saturated carbocycles. The number of hydrogen-bond donors (Lipinski definition) is 3. The third-order valence-electron chi connectivity index (χ3n) is 18.3. The molecule has 0 spiro atoms. The molecule has 17 nitrogen and oxygen atoms in total. The molecule has 0 saturated heterocycles. The minimum atomic E-state index is -4.96. The van der Waals surface area contributed by atoms with E-state index in [0.717, 1.165) is 95.8 Å². The SMILES string of the molecule is CCCCCCCCCCCCCCCCCCCC(=O)O[C@H](COC(=O)CCCCCCCCCCCCCC(C)C)COP(=O)(O)OC[C@@H](O)COP(=O)(O)OC[C@@H](COC(=O)CCCCCCCCCCCCCC)OC(=O)CCCCCCCCCCCCCCCC. The Labute approximate surface area is 594 Å². The molecule has 0 aliphatic carbocycles. The summed E-state index contributed by atoms with van der Waals surface area (Å²) < 4.78 is 68.6. The van der Waals surface area contributed by atoms with Crippen LogP contribution in [-0.2, 0) is 65.4 Å². The smallest absolute Gasteiger partial charge is 0.462 e. The van der Waals surface area contributed by atoms with Gasteiger partial charge in [0, 0.05) is 25.7 Å². The summed E-state index contributed by atoms with van der Waals surface area (Å²) in [7, 11) is -9.91. The number of aliphatic hydroxyl groups is 1. The average Bonchev–Trinajstić information content (AvgIpc) is 1.41. The summed E-state index contributed by atoms with van der Waals surface area (Å²) in [4.78, 5) is 72.9. The van der Waals surface area contributed by atoms with Crippen molar-refractivity contribution in [2.75, 3.05) is 39.6 Å². The Balaban J connectivity index is 5.26. The topological polar surface area (TPSA) is 237 Å². The highest BCUT2D eigenvalue weighted by molar-refractivity contribution is 7.47. The molecule has 0 aliphatic heterocycles. The number of esters is 4. The maximum absolute atomic E-state index is 13.1. The normalized spacial score (nSPS) is 13.9. The highest BCUT2D eigenvalue weighted by Crippen LogP contribution is 2.45. The summed E-state index contributed by atoms with van der Waals surface area (Å²) in [6, 6.07) is 0. The van der Waals surface area contributed by atoms with Gasteiger partial charge < -0.3 is 33.8 Å². The van der Waals surface area contributed by atoms with Crippen molar-refractivity contribution in [1.29, 1.82) is 0 Å². The summed E-state index contributed by atoms with van der Waals surface area (Å²) in [5, 5.41) is 10.6. The van der Waals surface area contributed by atoms with Crippen molar-refractivity contribution in [3.05, 3.63) is 0 Å². The molecule has 0 rings (SSSR count). The highest BCUT2D eigenvalue weighted by Gasteiger charge is 2.30. The Morgan fingerprint density at radius 3 is 0.701 bits per heavy atom. The van der Waals surface area contributed by atoms with E-state index in [4.69, 9.17) is 37.0 Å². The molecule has 0 heterocycles. The number of unbranched alkanes of at least 4 members (excludes halogenated alkanes) is 50. The Morgan fingerprint density at radius 1 is 0.278 bits per heavy atom. The van der Waals surface area contributed by atoms with Gasteiger partial charge in [-0.25, -0.2) is 9.13 Å². The summed E-state index contributed by atoms with van der Waals surface area (Å²) in [6.07, 6.45) is 60.8. The van der Waals surface area contributed by atoms with Crippen LogP contribution in [0.2, 0.25) is 0 Å². The second-order valence-electron chi connectivity index (χ2n) is 28.6. The number of hydrogen-bond acceptors (Lipinski definition) is 15. The lowest BCUT2D eigenvalue weighted by Gasteiger charge is -2.21. The number of phosphoric acid groups is 2. The van der Waals surface area contributed by atoms with Gasteiger partial charge in [-0.2, -0.15) is 0 Å². The molecule has 5 atom stereocenters. The van der Waals surface area contributed by atoms with Crippen LogP contribution < -0.4 is 0 Å². The second-order valence-corrected chi connectivity index (χ2v) is 31.5. The average molecular weight is 1420 g/mol. The van der Waals surface area contributed by atoms with Gasteiger partial charge in [0.15, 0.2) is 12.2 Å². The molecule has 0 aromatic heterocycles. The van der Waals surface area contributed by atoms with Crippen molar-refractivity contribution in [3.63, 3.8) is 0 Å². The van der Waals surface area contributed by atoms with Gasteiger partial charge in [0.05, 0.1) is 26.4 Å². The summed E-state index contributed by atoms with van der Waals surface area (Å²) in [6.45, 7) is 7.32. The first kappa shape index (κ1) is 95.1. The van der Waals surface area contributed by atoms with Gasteiger partial charge >= 0.3 is 39.5 Å². The van der Waals surface area contributed by atoms with E-state index < -0.39 is 97.5 Å². The molecular formula is C78H152O17P2. The number of ether oxygens (including phenoxy) is 4. The Morgan fingerprint density at radius 2 is 0.474 bits per heavy atom. The fraction of sp³-hybridized carbons (Fsp3) is 0.949. The Kier molecular flexibility index (Phi) is 69.6. The first-order valence-corrected chi connectivity index (χ1v) is 43.6. The van der Waals surface area contributed by atoms with Crippen LogP contribution in [0.25, 0.3) is 0 Å². The molecule has 0 amide bonds. The first-order valence-electron chi connectivity index (χ1n) is 40.6. The molecule has 2 unspecified atom stereocenters. The van der Waals surface area contributed by atoms with Crippen LogP contribution in [0.3, 0.4) is 0 Å². The molecule has 3 N–H and O–H groups in total. The molecule has 0 fully saturated rings. The molecule has 19 heteroatoms. The zero-order chi connectivity index (χ0) is 71.2. The molecule has 0 aromatic carbocycles. The van der Waals surface area contributed by atoms with Gasteiger partial charge in [0.1, 0.15) is 19.3 Å². The van der Waals surface area contributed by atoms with Crippen LogP contribution in [0.1, 0.15) is 413 Å². The van der Waals surface area contributed by atoms with Crippen molar-refractivity contribution >= 4 is 39.5 Å². The van der Waals surface area contributed by atoms with Crippen LogP contribution in [0, 0.1) is 5.92 Å². The van der Waals surface area contributed by atoms with Gasteiger partial charge in [0.2, 0.25) is 0 Å². The summed E-state index contributed by atoms with van der Waals surface area (Å²) in [5.41, 5.74) is 0. The van der Waals surface area contributed by atoms with Crippen LogP contribution in [0.15, 0.2) is 0 Å². The number of aliphatic hydroxyl groups excluding tert-OH is 1. The lowest BCUT2D eigenvalue weighted by atomic mass is 10.0. The van der Waals surface area contributed by atoms with Crippen LogP contribution in [0.4, 0.5) is 0 Å². The van der Waals surface area contributed by atoms with Crippen LogP contribution >= 0.6 is 15.6 Å². The Hall–Kier alpha value is -1.94. The van der Waals surface area contributed by atoms with E-state index in [-0.39, 0.29) is 25.7 Å². The molecule has 0 radical (unpaired) electrons. The molecule has 576 valence electrons. The standard InChI is InChI=1S/C78H152O17P2/c1-6-9-12-15-18-21-24-27-29-30-31-33-38-44-49-54-59-64-78(83)95-74(68-89-76(81)62-57-52-47-42-39-34-35-40-45-50-55-60-71(4)5)70-93-97(86,87)91-66-72(79)65-90-96(84,85)92-69-73(67-88-75(80)61-56-51-46-41-36-26-23-20-17-14-11-8-3)94-77(82)63-58-53-48-43-37-32-28-25-22-19-16-13-10-7-2/h71-74,79H,6-70H2,1-5H3,(H,84,85)(H,86,87)/t72-,73+,74+/m0/s1. The van der Waals surface area contributed by atoms with E-state index in [1.165, 1.54) is 238 Å². The van der Waals surface area contributed by atoms with E-state index >= 15 is 0 Å². The third-order valence-corrected chi connectivity index (χ3v) is 20.2. The minimum Gasteiger partial charge on any atom is -0.462 e. The molecule has 0 aromatic rings. The number of carbonyl (C=O) groups excluding carboxylic acids is 4. The number of rotatable bonds is 78. The summed E-state index contributed by atoms with van der Waals surface area (Å²) in [5.74, 6) is -1.34. The minimum absolute atomic E-state index is 0.109. The zero-order valence-corrected chi connectivity index (χ0v) is 65.0. The quantitative estimate of drug-likeness (QED) is 0.0222. The number of carbonyl (C=O) groups is 4. The molecule has 97 heavy (non-hydrogen) atoms. The van der Waals surface area contributed by atoms with E-state index in [2.05, 4.69) is 34.6 Å². The lowest BCUT2D eigenvalue weighted by Crippen LogP contribution is -2.30. The van der Waals surface area contributed by atoms with Crippen molar-refractivity contribution in [3.8, 4) is 0 Å². The van der Waals surface area contributed by atoms with Gasteiger partial charge in [-0.05, 0) is 31.6 Å². The first-order chi connectivity index (χ1) is 47.0. The van der Waals surface area contributed by atoms with E-state index in [1.54, 1.807) is 0 Å². The van der Waals surface area contributed by atoms with Gasteiger partial charge in [-0.1, -0.05) is 362 Å². The maximum atomic E-state index is 13.1. The fourth-order valence-electron chi connectivity index (χ4n) is 12.1. The fourth-order valence-corrected chi connectivity index (χ4v) is 13.6. The monoisotopic (exact) mass is 1420 g/mol. The number of phosphoric ester groups is 2. The van der Waals surface area contributed by atoms with E-state index in [1.807, 2.05) is 0 Å². The maximum Gasteiger partial charge on any atom is 0.472 e. The van der Waals surface area contributed by atoms with Crippen molar-refractivity contribution < 1.29 is 80.2 Å². The van der Waals surface area contributed by atoms with Crippen molar-refractivity contribution in [2.24, 2.45) is 5.92 Å². The van der Waals surface area contributed by atoms with E-state index in [9.17, 15) is 43.2 Å². The summed E-state index contributed by atoms with van der Waals surface area (Å²) >= 11 is 0.